The summed E-state index contributed by atoms with van der Waals surface area (Å²) in [4.78, 5) is 16.4. The monoisotopic (exact) mass is 348 g/mol. The SMILES string of the molecule is COc1cc(Br)cc(CNC(=O)C(C)c2ccccn2)c1. The topological polar surface area (TPSA) is 51.2 Å². The van der Waals surface area contributed by atoms with Gasteiger partial charge in [-0.3, -0.25) is 9.78 Å². The van der Waals surface area contributed by atoms with Gasteiger partial charge in [-0.05, 0) is 42.8 Å². The molecule has 1 aromatic heterocycles. The van der Waals surface area contributed by atoms with Crippen LogP contribution in [0.2, 0.25) is 0 Å². The van der Waals surface area contributed by atoms with Crippen LogP contribution in [0.3, 0.4) is 0 Å². The van der Waals surface area contributed by atoms with Crippen molar-refractivity contribution in [3.63, 3.8) is 0 Å². The van der Waals surface area contributed by atoms with Crippen molar-refractivity contribution in [3.8, 4) is 5.75 Å². The molecule has 0 aliphatic carbocycles. The molecule has 4 nitrogen and oxygen atoms in total. The van der Waals surface area contributed by atoms with E-state index in [2.05, 4.69) is 26.2 Å². The van der Waals surface area contributed by atoms with Gasteiger partial charge < -0.3 is 10.1 Å². The third-order valence-corrected chi connectivity index (χ3v) is 3.62. The van der Waals surface area contributed by atoms with Crippen LogP contribution < -0.4 is 10.1 Å². The molecule has 1 amide bonds. The number of benzene rings is 1. The van der Waals surface area contributed by atoms with Crippen molar-refractivity contribution in [2.45, 2.75) is 19.4 Å². The lowest BCUT2D eigenvalue weighted by atomic mass is 10.1. The Morgan fingerprint density at radius 3 is 2.86 bits per heavy atom. The van der Waals surface area contributed by atoms with Gasteiger partial charge in [0.2, 0.25) is 5.91 Å². The number of carbonyl (C=O) groups is 1. The molecule has 0 radical (unpaired) electrons. The number of pyridine rings is 1. The minimum atomic E-state index is -0.278. The minimum Gasteiger partial charge on any atom is -0.497 e. The van der Waals surface area contributed by atoms with E-state index >= 15 is 0 Å². The number of nitrogens with zero attached hydrogens (tertiary/aromatic N) is 1. The van der Waals surface area contributed by atoms with Crippen molar-refractivity contribution >= 4 is 21.8 Å². The second-order valence-corrected chi connectivity index (χ2v) is 5.61. The van der Waals surface area contributed by atoms with Gasteiger partial charge in [-0.1, -0.05) is 22.0 Å². The van der Waals surface area contributed by atoms with Crippen molar-refractivity contribution < 1.29 is 9.53 Å². The Labute approximate surface area is 132 Å². The predicted molar refractivity (Wildman–Crippen MR) is 85.2 cm³/mol. The molecule has 0 saturated heterocycles. The summed E-state index contributed by atoms with van der Waals surface area (Å²) in [7, 11) is 1.62. The largest absolute Gasteiger partial charge is 0.497 e. The average molecular weight is 349 g/mol. The Morgan fingerprint density at radius 1 is 1.38 bits per heavy atom. The van der Waals surface area contributed by atoms with Crippen molar-refractivity contribution in [3.05, 3.63) is 58.3 Å². The van der Waals surface area contributed by atoms with Crippen LogP contribution in [0.5, 0.6) is 5.75 Å². The van der Waals surface area contributed by atoms with Gasteiger partial charge in [-0.15, -0.1) is 0 Å². The maximum absolute atomic E-state index is 12.2. The summed E-state index contributed by atoms with van der Waals surface area (Å²) in [6.45, 7) is 2.30. The van der Waals surface area contributed by atoms with E-state index in [9.17, 15) is 4.79 Å². The lowest BCUT2D eigenvalue weighted by Crippen LogP contribution is -2.27. The van der Waals surface area contributed by atoms with Crippen molar-refractivity contribution in [1.29, 1.82) is 0 Å². The van der Waals surface area contributed by atoms with Crippen LogP contribution in [0.1, 0.15) is 24.1 Å². The highest BCUT2D eigenvalue weighted by atomic mass is 79.9. The molecule has 1 heterocycles. The highest BCUT2D eigenvalue weighted by Crippen LogP contribution is 2.21. The second-order valence-electron chi connectivity index (χ2n) is 4.69. The van der Waals surface area contributed by atoms with E-state index in [4.69, 9.17) is 4.74 Å². The van der Waals surface area contributed by atoms with Crippen LogP contribution in [0, 0.1) is 0 Å². The molecule has 1 unspecified atom stereocenters. The molecule has 1 aromatic carbocycles. The molecule has 110 valence electrons. The summed E-state index contributed by atoms with van der Waals surface area (Å²) in [6, 6.07) is 11.3. The smallest absolute Gasteiger partial charge is 0.229 e. The van der Waals surface area contributed by atoms with E-state index in [1.165, 1.54) is 0 Å². The summed E-state index contributed by atoms with van der Waals surface area (Å²) >= 11 is 3.42. The second kappa shape index (κ2) is 7.22. The van der Waals surface area contributed by atoms with Gasteiger partial charge in [0.15, 0.2) is 0 Å². The fraction of sp³-hybridized carbons (Fsp3) is 0.250. The molecular weight excluding hydrogens is 332 g/mol. The summed E-state index contributed by atoms with van der Waals surface area (Å²) in [5, 5.41) is 2.92. The summed E-state index contributed by atoms with van der Waals surface area (Å²) in [5.74, 6) is 0.430. The molecule has 2 rings (SSSR count). The molecule has 0 fully saturated rings. The Morgan fingerprint density at radius 2 is 2.19 bits per heavy atom. The van der Waals surface area contributed by atoms with E-state index in [0.29, 0.717) is 6.54 Å². The van der Waals surface area contributed by atoms with Crippen LogP contribution >= 0.6 is 15.9 Å². The normalized spacial score (nSPS) is 11.8. The first-order valence-corrected chi connectivity index (χ1v) is 7.41. The number of nitrogens with one attached hydrogen (secondary N) is 1. The predicted octanol–water partition coefficient (Wildman–Crippen LogP) is 3.27. The first-order valence-electron chi connectivity index (χ1n) is 6.62. The maximum atomic E-state index is 12.2. The molecule has 0 aliphatic heterocycles. The Kier molecular flexibility index (Phi) is 5.33. The summed E-state index contributed by atoms with van der Waals surface area (Å²) in [6.07, 6.45) is 1.69. The van der Waals surface area contributed by atoms with Crippen LogP contribution in [0.15, 0.2) is 47.1 Å². The summed E-state index contributed by atoms with van der Waals surface area (Å²) < 4.78 is 6.13. The zero-order valence-corrected chi connectivity index (χ0v) is 13.6. The maximum Gasteiger partial charge on any atom is 0.229 e. The third kappa shape index (κ3) is 4.29. The van der Waals surface area contributed by atoms with Gasteiger partial charge in [-0.25, -0.2) is 0 Å². The van der Waals surface area contributed by atoms with Crippen molar-refractivity contribution in [2.75, 3.05) is 7.11 Å². The van der Waals surface area contributed by atoms with Gasteiger partial charge in [0.25, 0.3) is 0 Å². The molecule has 0 bridgehead atoms. The first-order chi connectivity index (χ1) is 10.1. The van der Waals surface area contributed by atoms with Gasteiger partial charge in [0.1, 0.15) is 5.75 Å². The third-order valence-electron chi connectivity index (χ3n) is 3.16. The Hall–Kier alpha value is -1.88. The van der Waals surface area contributed by atoms with E-state index < -0.39 is 0 Å². The van der Waals surface area contributed by atoms with Gasteiger partial charge in [0, 0.05) is 17.2 Å². The highest BCUT2D eigenvalue weighted by Gasteiger charge is 2.15. The number of methoxy groups -OCH3 is 1. The number of aromatic nitrogens is 1. The van der Waals surface area contributed by atoms with Crippen LogP contribution in [0.25, 0.3) is 0 Å². The quantitative estimate of drug-likeness (QED) is 0.901. The lowest BCUT2D eigenvalue weighted by molar-refractivity contribution is -0.122. The molecule has 0 spiro atoms. The van der Waals surface area contributed by atoms with Gasteiger partial charge in [0.05, 0.1) is 18.7 Å². The fourth-order valence-electron chi connectivity index (χ4n) is 1.95. The average Bonchev–Trinajstić information content (AvgIpc) is 2.52. The molecule has 21 heavy (non-hydrogen) atoms. The summed E-state index contributed by atoms with van der Waals surface area (Å²) in [5.41, 5.74) is 1.74. The van der Waals surface area contributed by atoms with Crippen molar-refractivity contribution in [1.82, 2.24) is 10.3 Å². The number of halogens is 1. The number of amides is 1. The first kappa shape index (κ1) is 15.5. The minimum absolute atomic E-state index is 0.0485. The van der Waals surface area contributed by atoms with Crippen LogP contribution in [0.4, 0.5) is 0 Å². The van der Waals surface area contributed by atoms with E-state index in [-0.39, 0.29) is 11.8 Å². The lowest BCUT2D eigenvalue weighted by Gasteiger charge is -2.12. The number of carbonyl (C=O) groups excluding carboxylic acids is 1. The molecule has 0 saturated carbocycles. The van der Waals surface area contributed by atoms with E-state index in [0.717, 1.165) is 21.5 Å². The number of rotatable bonds is 5. The van der Waals surface area contributed by atoms with E-state index in [1.54, 1.807) is 13.3 Å². The van der Waals surface area contributed by atoms with E-state index in [1.807, 2.05) is 43.3 Å². The Balaban J connectivity index is 1.99. The Bertz CT molecular complexity index is 617. The number of ether oxygens (including phenoxy) is 1. The molecule has 1 N–H and O–H groups in total. The zero-order valence-electron chi connectivity index (χ0n) is 12.0. The number of hydrogen-bond donors (Lipinski definition) is 1. The molecule has 1 atom stereocenters. The molecular formula is C16H17BrN2O2. The van der Waals surface area contributed by atoms with Crippen LogP contribution in [-0.2, 0) is 11.3 Å². The van der Waals surface area contributed by atoms with Crippen LogP contribution in [-0.4, -0.2) is 18.0 Å². The molecule has 2 aromatic rings. The molecule has 0 aliphatic rings. The van der Waals surface area contributed by atoms with Crippen molar-refractivity contribution in [2.24, 2.45) is 0 Å². The van der Waals surface area contributed by atoms with Gasteiger partial charge >= 0.3 is 0 Å². The molecule has 5 heteroatoms. The standard InChI is InChI=1S/C16H17BrN2O2/c1-11(15-5-3-4-6-18-15)16(20)19-10-12-7-13(17)9-14(8-12)21-2/h3-9,11H,10H2,1-2H3,(H,19,20). The fourth-order valence-corrected chi connectivity index (χ4v) is 2.47. The van der Waals surface area contributed by atoms with Gasteiger partial charge in [-0.2, -0.15) is 0 Å². The zero-order chi connectivity index (χ0) is 15.2. The highest BCUT2D eigenvalue weighted by molar-refractivity contribution is 9.10. The number of hydrogen-bond acceptors (Lipinski definition) is 3.